The summed E-state index contributed by atoms with van der Waals surface area (Å²) in [5, 5.41) is 12.0. The van der Waals surface area contributed by atoms with Crippen LogP contribution in [0.25, 0.3) is 22.0 Å². The summed E-state index contributed by atoms with van der Waals surface area (Å²) in [6, 6.07) is 20.7. The topological polar surface area (TPSA) is 50.2 Å². The van der Waals surface area contributed by atoms with E-state index in [9.17, 15) is 9.90 Å². The molecule has 31 heavy (non-hydrogen) atoms. The van der Waals surface area contributed by atoms with Crippen LogP contribution in [0.4, 0.5) is 0 Å². The molecule has 0 spiro atoms. The van der Waals surface area contributed by atoms with Crippen LogP contribution in [0.15, 0.2) is 78.7 Å². The molecule has 3 rings (SSSR count). The fraction of sp³-hybridized carbons (Fsp3) is 0.296. The number of ketones is 1. The zero-order chi connectivity index (χ0) is 21.7. The van der Waals surface area contributed by atoms with Gasteiger partial charge in [0.25, 0.3) is 0 Å². The predicted molar refractivity (Wildman–Crippen MR) is 128 cm³/mol. The number of benzene rings is 2. The fourth-order valence-electron chi connectivity index (χ4n) is 2.50. The van der Waals surface area contributed by atoms with Gasteiger partial charge in [-0.15, -0.1) is 0 Å². The summed E-state index contributed by atoms with van der Waals surface area (Å²) < 4.78 is 0. The number of fused-ring (bicyclic) bond motifs is 1. The van der Waals surface area contributed by atoms with Crippen molar-refractivity contribution in [2.24, 2.45) is 10.8 Å². The van der Waals surface area contributed by atoms with E-state index < -0.39 is 5.41 Å². The van der Waals surface area contributed by atoms with Gasteiger partial charge in [0, 0.05) is 54.2 Å². The molecule has 0 unspecified atom stereocenters. The molecule has 0 aliphatic carbocycles. The van der Waals surface area contributed by atoms with Crippen molar-refractivity contribution in [3.63, 3.8) is 0 Å². The number of rotatable bonds is 2. The van der Waals surface area contributed by atoms with Crippen LogP contribution in [0.3, 0.4) is 0 Å². The van der Waals surface area contributed by atoms with Crippen LogP contribution in [0.2, 0.25) is 0 Å². The van der Waals surface area contributed by atoms with Crippen molar-refractivity contribution >= 4 is 16.6 Å². The number of aliphatic hydroxyl groups is 1. The Kier molecular flexibility index (Phi) is 11.0. The number of nitrogens with zero attached hydrogens (tertiary/aromatic N) is 1. The first-order valence-electron chi connectivity index (χ1n) is 9.85. The molecule has 1 radical (unpaired) electrons. The number of hydrogen-bond acceptors (Lipinski definition) is 3. The molecular weight excluding hydrogens is 563 g/mol. The van der Waals surface area contributed by atoms with E-state index in [4.69, 9.17) is 0 Å². The molecule has 0 atom stereocenters. The number of pyridine rings is 1. The Morgan fingerprint density at radius 1 is 0.839 bits per heavy atom. The molecule has 0 amide bonds. The maximum atomic E-state index is 11.5. The minimum Gasteiger partial charge on any atom is -0.512 e. The maximum Gasteiger partial charge on any atom is 0.164 e. The monoisotopic (exact) mass is 597 g/mol. The number of aliphatic hydroxyl groups excluding tert-OH is 1. The molecule has 1 aromatic heterocycles. The minimum atomic E-state index is -0.417. The predicted octanol–water partition coefficient (Wildman–Crippen LogP) is 7.44. The smallest absolute Gasteiger partial charge is 0.164 e. The first kappa shape index (κ1) is 28.7. The molecule has 0 saturated carbocycles. The first-order chi connectivity index (χ1) is 13.5. The molecular formula is C27H34IrNO2-. The molecule has 0 bridgehead atoms. The standard InChI is InChI=1S/C15H11N.C11H20O2.CH3.Ir/c1-2-7-13(8-3-1)15-14-9-5-4-6-12(14)10-11-16-15;1-10(2,3)8(12)7-9(13)11(4,5)6;;/h1-11H;7,12H,1-6H3;1H3;/q;;-1;/b;8-7-;;. The quantitative estimate of drug-likeness (QED) is 0.190. The van der Waals surface area contributed by atoms with Gasteiger partial charge >= 0.3 is 0 Å². The average Bonchev–Trinajstić information content (AvgIpc) is 2.67. The van der Waals surface area contributed by atoms with Gasteiger partial charge in [0.1, 0.15) is 5.76 Å². The zero-order valence-corrected chi connectivity index (χ0v) is 22.0. The number of aromatic nitrogens is 1. The molecule has 1 N–H and O–H groups in total. The van der Waals surface area contributed by atoms with Gasteiger partial charge in [0.15, 0.2) is 5.78 Å². The summed E-state index contributed by atoms with van der Waals surface area (Å²) in [6.45, 7) is 11.1. The number of hydrogen-bond donors (Lipinski definition) is 1. The Morgan fingerprint density at radius 3 is 1.94 bits per heavy atom. The van der Waals surface area contributed by atoms with E-state index in [1.165, 1.54) is 22.4 Å². The Morgan fingerprint density at radius 2 is 1.39 bits per heavy atom. The summed E-state index contributed by atoms with van der Waals surface area (Å²) in [5.41, 5.74) is 1.46. The van der Waals surface area contributed by atoms with Gasteiger partial charge in [0.2, 0.25) is 0 Å². The van der Waals surface area contributed by atoms with E-state index >= 15 is 0 Å². The second-order valence-corrected chi connectivity index (χ2v) is 9.14. The largest absolute Gasteiger partial charge is 0.512 e. The normalized spacial score (nSPS) is 11.5. The molecule has 3 aromatic rings. The van der Waals surface area contributed by atoms with Crippen LogP contribution >= 0.6 is 0 Å². The molecule has 3 nitrogen and oxygen atoms in total. The molecule has 0 fully saturated rings. The Bertz CT molecular complexity index is 992. The van der Waals surface area contributed by atoms with Crippen molar-refractivity contribution in [1.82, 2.24) is 4.98 Å². The Hall–Kier alpha value is -2.29. The summed E-state index contributed by atoms with van der Waals surface area (Å²) in [5.74, 6) is 0.104. The van der Waals surface area contributed by atoms with Crippen LogP contribution in [-0.2, 0) is 24.9 Å². The Balaban J connectivity index is 0.000000560. The second-order valence-electron chi connectivity index (χ2n) is 9.14. The van der Waals surface area contributed by atoms with E-state index in [-0.39, 0.29) is 44.5 Å². The van der Waals surface area contributed by atoms with E-state index in [2.05, 4.69) is 41.4 Å². The molecule has 0 aliphatic heterocycles. The number of carbonyl (C=O) groups excluding carboxylic acids is 1. The Labute approximate surface area is 201 Å². The third-order valence-corrected chi connectivity index (χ3v) is 4.50. The number of allylic oxidation sites excluding steroid dienone is 2. The van der Waals surface area contributed by atoms with Crippen LogP contribution in [0, 0.1) is 18.3 Å². The van der Waals surface area contributed by atoms with Crippen LogP contribution in [0.1, 0.15) is 41.5 Å². The van der Waals surface area contributed by atoms with Crippen LogP contribution in [-0.4, -0.2) is 15.9 Å². The molecule has 0 saturated heterocycles. The SMILES string of the molecule is CC(C)(C)C(=O)/C=C(\O)C(C)(C)C.[CH3-].[Ir].c1ccc(-c2nccc3ccccc23)cc1. The van der Waals surface area contributed by atoms with Gasteiger partial charge < -0.3 is 12.5 Å². The fourth-order valence-corrected chi connectivity index (χ4v) is 2.50. The summed E-state index contributed by atoms with van der Waals surface area (Å²) in [6.07, 6.45) is 3.20. The van der Waals surface area contributed by atoms with Gasteiger partial charge in [-0.2, -0.15) is 0 Å². The molecule has 4 heteroatoms. The van der Waals surface area contributed by atoms with Crippen molar-refractivity contribution in [3.05, 3.63) is 86.1 Å². The van der Waals surface area contributed by atoms with Gasteiger partial charge in [0.05, 0.1) is 5.69 Å². The van der Waals surface area contributed by atoms with Crippen LogP contribution in [0.5, 0.6) is 0 Å². The van der Waals surface area contributed by atoms with Gasteiger partial charge in [-0.25, -0.2) is 0 Å². The van der Waals surface area contributed by atoms with E-state index in [1.807, 2.05) is 72.0 Å². The maximum absolute atomic E-state index is 11.5. The van der Waals surface area contributed by atoms with Gasteiger partial charge in [-0.1, -0.05) is 96.1 Å². The van der Waals surface area contributed by atoms with Gasteiger partial charge in [-0.3, -0.25) is 9.78 Å². The van der Waals surface area contributed by atoms with Crippen molar-refractivity contribution in [2.75, 3.05) is 0 Å². The zero-order valence-electron chi connectivity index (χ0n) is 19.6. The van der Waals surface area contributed by atoms with Crippen LogP contribution < -0.4 is 0 Å². The van der Waals surface area contributed by atoms with E-state index in [0.29, 0.717) is 0 Å². The summed E-state index contributed by atoms with van der Waals surface area (Å²) >= 11 is 0. The summed E-state index contributed by atoms with van der Waals surface area (Å²) in [7, 11) is 0. The number of carbonyl (C=O) groups is 1. The third-order valence-electron chi connectivity index (χ3n) is 4.50. The summed E-state index contributed by atoms with van der Waals surface area (Å²) in [4.78, 5) is 16.0. The van der Waals surface area contributed by atoms with Crippen molar-refractivity contribution in [3.8, 4) is 11.3 Å². The second kappa shape index (κ2) is 11.9. The minimum absolute atomic E-state index is 0. The molecule has 0 aliphatic rings. The molecule has 2 aromatic carbocycles. The van der Waals surface area contributed by atoms with Crippen molar-refractivity contribution < 1.29 is 30.0 Å². The molecule has 169 valence electrons. The third kappa shape index (κ3) is 8.39. The first-order valence-corrected chi connectivity index (χ1v) is 9.85. The van der Waals surface area contributed by atoms with Gasteiger partial charge in [-0.05, 0) is 11.5 Å². The van der Waals surface area contributed by atoms with Crippen molar-refractivity contribution in [2.45, 2.75) is 41.5 Å². The van der Waals surface area contributed by atoms with E-state index in [0.717, 1.165) is 5.69 Å². The van der Waals surface area contributed by atoms with Crippen molar-refractivity contribution in [1.29, 1.82) is 0 Å². The average molecular weight is 597 g/mol. The molecule has 1 heterocycles. The van der Waals surface area contributed by atoms with E-state index in [1.54, 1.807) is 0 Å².